The predicted octanol–water partition coefficient (Wildman–Crippen LogP) is 1.40. The Bertz CT molecular complexity index is 445. The summed E-state index contributed by atoms with van der Waals surface area (Å²) in [7, 11) is 0. The van der Waals surface area contributed by atoms with E-state index in [0.29, 0.717) is 30.5 Å². The van der Waals surface area contributed by atoms with E-state index in [9.17, 15) is 9.90 Å². The third-order valence-electron chi connectivity index (χ3n) is 3.77. The highest BCUT2D eigenvalue weighted by Crippen LogP contribution is 2.19. The summed E-state index contributed by atoms with van der Waals surface area (Å²) in [5.41, 5.74) is 0. The first-order chi connectivity index (χ1) is 9.54. The van der Waals surface area contributed by atoms with Crippen LogP contribution in [0.2, 0.25) is 0 Å². The molecule has 0 radical (unpaired) electrons. The highest BCUT2D eigenvalue weighted by atomic mass is 16.5. The minimum Gasteiger partial charge on any atom is -0.393 e. The number of carbonyl (C=O) groups excluding carboxylic acids is 1. The van der Waals surface area contributed by atoms with E-state index in [2.05, 4.69) is 15.4 Å². The molecule has 1 aliphatic heterocycles. The quantitative estimate of drug-likeness (QED) is 0.853. The first-order valence-electron chi connectivity index (χ1n) is 7.18. The van der Waals surface area contributed by atoms with Gasteiger partial charge in [0.2, 0.25) is 5.91 Å². The van der Waals surface area contributed by atoms with E-state index in [0.717, 1.165) is 25.9 Å². The van der Waals surface area contributed by atoms with Crippen LogP contribution in [0.15, 0.2) is 10.6 Å². The molecule has 6 heteroatoms. The second kappa shape index (κ2) is 6.85. The fourth-order valence-electron chi connectivity index (χ4n) is 2.58. The van der Waals surface area contributed by atoms with Gasteiger partial charge in [-0.25, -0.2) is 0 Å². The largest absolute Gasteiger partial charge is 0.393 e. The van der Waals surface area contributed by atoms with Crippen molar-refractivity contribution in [3.05, 3.63) is 11.8 Å². The van der Waals surface area contributed by atoms with Crippen LogP contribution in [0, 0.1) is 12.8 Å². The minimum absolute atomic E-state index is 0.0579. The molecule has 0 bridgehead atoms. The molecule has 1 saturated heterocycles. The third kappa shape index (κ3) is 4.31. The first-order valence-corrected chi connectivity index (χ1v) is 7.18. The average molecular weight is 281 g/mol. The lowest BCUT2D eigenvalue weighted by atomic mass is 9.93. The van der Waals surface area contributed by atoms with E-state index in [1.54, 1.807) is 13.0 Å². The van der Waals surface area contributed by atoms with Gasteiger partial charge >= 0.3 is 0 Å². The molecule has 0 aromatic carbocycles. The van der Waals surface area contributed by atoms with E-state index in [-0.39, 0.29) is 12.0 Å². The molecular weight excluding hydrogens is 258 g/mol. The van der Waals surface area contributed by atoms with Crippen LogP contribution in [0.5, 0.6) is 0 Å². The molecule has 2 N–H and O–H groups in total. The van der Waals surface area contributed by atoms with E-state index in [1.807, 2.05) is 6.92 Å². The van der Waals surface area contributed by atoms with Gasteiger partial charge in [-0.15, -0.1) is 0 Å². The molecule has 112 valence electrons. The van der Waals surface area contributed by atoms with Gasteiger partial charge in [0.25, 0.3) is 0 Å². The summed E-state index contributed by atoms with van der Waals surface area (Å²) in [5, 5.41) is 16.1. The number of carbonyl (C=O) groups is 1. The molecule has 2 rings (SSSR count). The van der Waals surface area contributed by atoms with Crippen molar-refractivity contribution >= 4 is 11.7 Å². The number of piperidine rings is 1. The van der Waals surface area contributed by atoms with Crippen molar-refractivity contribution in [1.29, 1.82) is 0 Å². The molecule has 20 heavy (non-hydrogen) atoms. The lowest BCUT2D eigenvalue weighted by Crippen LogP contribution is -2.40. The van der Waals surface area contributed by atoms with Crippen molar-refractivity contribution in [2.45, 2.75) is 39.2 Å². The zero-order valence-corrected chi connectivity index (χ0v) is 12.1. The molecule has 6 nitrogen and oxygen atoms in total. The first kappa shape index (κ1) is 15.0. The summed E-state index contributed by atoms with van der Waals surface area (Å²) in [6.07, 6.45) is 2.31. The number of anilines is 1. The van der Waals surface area contributed by atoms with Crippen LogP contribution in [0.4, 0.5) is 5.82 Å². The van der Waals surface area contributed by atoms with Gasteiger partial charge in [-0.05, 0) is 39.2 Å². The summed E-state index contributed by atoms with van der Waals surface area (Å²) >= 11 is 0. The van der Waals surface area contributed by atoms with Crippen molar-refractivity contribution < 1.29 is 14.4 Å². The van der Waals surface area contributed by atoms with Crippen molar-refractivity contribution in [2.75, 3.05) is 25.0 Å². The molecule has 0 spiro atoms. The predicted molar refractivity (Wildman–Crippen MR) is 75.3 cm³/mol. The number of hydrogen-bond donors (Lipinski definition) is 2. The van der Waals surface area contributed by atoms with Crippen molar-refractivity contribution in [2.24, 2.45) is 5.92 Å². The zero-order chi connectivity index (χ0) is 14.5. The van der Waals surface area contributed by atoms with E-state index in [4.69, 9.17) is 4.52 Å². The van der Waals surface area contributed by atoms with Crippen molar-refractivity contribution in [1.82, 2.24) is 10.1 Å². The Hall–Kier alpha value is -1.40. The van der Waals surface area contributed by atoms with E-state index < -0.39 is 0 Å². The van der Waals surface area contributed by atoms with Crippen LogP contribution in [0.3, 0.4) is 0 Å². The zero-order valence-electron chi connectivity index (χ0n) is 12.1. The number of nitrogens with one attached hydrogen (secondary N) is 1. The van der Waals surface area contributed by atoms with Gasteiger partial charge in [-0.2, -0.15) is 0 Å². The Morgan fingerprint density at radius 1 is 1.70 bits per heavy atom. The summed E-state index contributed by atoms with van der Waals surface area (Å²) < 4.78 is 4.90. The fraction of sp³-hybridized carbons (Fsp3) is 0.714. The Morgan fingerprint density at radius 3 is 3.15 bits per heavy atom. The highest BCUT2D eigenvalue weighted by molar-refractivity contribution is 5.89. The number of amides is 1. The average Bonchev–Trinajstić information content (AvgIpc) is 2.82. The number of rotatable bonds is 5. The molecule has 1 aromatic heterocycles. The summed E-state index contributed by atoms with van der Waals surface area (Å²) in [4.78, 5) is 14.1. The lowest BCUT2D eigenvalue weighted by Gasteiger charge is -2.33. The molecule has 1 aliphatic rings. The second-order valence-electron chi connectivity index (χ2n) is 5.56. The molecule has 2 unspecified atom stereocenters. The minimum atomic E-state index is -0.273. The number of aromatic nitrogens is 1. The van der Waals surface area contributed by atoms with Crippen LogP contribution in [-0.2, 0) is 4.79 Å². The Morgan fingerprint density at radius 2 is 2.50 bits per heavy atom. The molecule has 0 saturated carbocycles. The smallest absolute Gasteiger partial charge is 0.226 e. The standard InChI is InChI=1S/C14H23N3O3/c1-10-8-13(16-20-10)15-14(19)5-7-17-6-3-4-12(9-17)11(2)18/h8,11-12,18H,3-7,9H2,1-2H3,(H,15,16,19). The molecule has 1 fully saturated rings. The molecule has 2 heterocycles. The number of nitrogens with zero attached hydrogens (tertiary/aromatic N) is 2. The van der Waals surface area contributed by atoms with Crippen LogP contribution in [0.1, 0.15) is 31.9 Å². The summed E-state index contributed by atoms with van der Waals surface area (Å²) in [5.74, 6) is 1.41. The van der Waals surface area contributed by atoms with Gasteiger partial charge in [0.1, 0.15) is 5.76 Å². The lowest BCUT2D eigenvalue weighted by molar-refractivity contribution is -0.116. The van der Waals surface area contributed by atoms with Gasteiger partial charge < -0.3 is 19.8 Å². The molecule has 2 atom stereocenters. The van der Waals surface area contributed by atoms with Crippen LogP contribution < -0.4 is 5.32 Å². The number of aliphatic hydroxyl groups excluding tert-OH is 1. The SMILES string of the molecule is Cc1cc(NC(=O)CCN2CCCC(C(C)O)C2)no1. The van der Waals surface area contributed by atoms with E-state index in [1.165, 1.54) is 0 Å². The van der Waals surface area contributed by atoms with Crippen LogP contribution in [0.25, 0.3) is 0 Å². The number of likely N-dealkylation sites (tertiary alicyclic amines) is 1. The molecule has 0 aliphatic carbocycles. The highest BCUT2D eigenvalue weighted by Gasteiger charge is 2.23. The molecular formula is C14H23N3O3. The maximum absolute atomic E-state index is 11.8. The number of aryl methyl sites for hydroxylation is 1. The van der Waals surface area contributed by atoms with Gasteiger partial charge in [0, 0.05) is 25.6 Å². The normalized spacial score (nSPS) is 21.6. The topological polar surface area (TPSA) is 78.6 Å². The van der Waals surface area contributed by atoms with Crippen molar-refractivity contribution in [3.8, 4) is 0 Å². The summed E-state index contributed by atoms with van der Waals surface area (Å²) in [6.45, 7) is 6.21. The van der Waals surface area contributed by atoms with Gasteiger partial charge in [-0.1, -0.05) is 5.16 Å². The monoisotopic (exact) mass is 281 g/mol. The number of aliphatic hydroxyl groups is 1. The molecule has 1 aromatic rings. The maximum atomic E-state index is 11.8. The second-order valence-corrected chi connectivity index (χ2v) is 5.56. The Labute approximate surface area is 119 Å². The van der Waals surface area contributed by atoms with Gasteiger partial charge in [-0.3, -0.25) is 4.79 Å². The van der Waals surface area contributed by atoms with Crippen LogP contribution >= 0.6 is 0 Å². The van der Waals surface area contributed by atoms with E-state index >= 15 is 0 Å². The maximum Gasteiger partial charge on any atom is 0.226 e. The van der Waals surface area contributed by atoms with Crippen LogP contribution in [-0.4, -0.2) is 46.8 Å². The number of hydrogen-bond acceptors (Lipinski definition) is 5. The Balaban J connectivity index is 1.73. The molecule has 1 amide bonds. The van der Waals surface area contributed by atoms with Gasteiger partial charge in [0.05, 0.1) is 6.10 Å². The fourth-order valence-corrected chi connectivity index (χ4v) is 2.58. The summed E-state index contributed by atoms with van der Waals surface area (Å²) in [6, 6.07) is 1.70. The van der Waals surface area contributed by atoms with Gasteiger partial charge in [0.15, 0.2) is 5.82 Å². The third-order valence-corrected chi connectivity index (χ3v) is 3.77. The van der Waals surface area contributed by atoms with Crippen molar-refractivity contribution in [3.63, 3.8) is 0 Å². The Kier molecular flexibility index (Phi) is 5.14.